The van der Waals surface area contributed by atoms with E-state index in [1.807, 2.05) is 0 Å². The van der Waals surface area contributed by atoms with Crippen LogP contribution >= 0.6 is 0 Å². The molecule has 0 saturated heterocycles. The zero-order chi connectivity index (χ0) is 19.9. The third kappa shape index (κ3) is 5.22. The van der Waals surface area contributed by atoms with Crippen LogP contribution in [0.3, 0.4) is 0 Å². The van der Waals surface area contributed by atoms with Crippen molar-refractivity contribution < 1.29 is 37.1 Å². The van der Waals surface area contributed by atoms with Gasteiger partial charge in [-0.2, -0.15) is 0 Å². The van der Waals surface area contributed by atoms with Gasteiger partial charge >= 0.3 is 26.7 Å². The van der Waals surface area contributed by atoms with Crippen LogP contribution in [0.5, 0.6) is 0 Å². The standard InChI is InChI=1S/C18H24O8Si/c1-22-27(23-2,24-3)11-7-5-4-6-10-25-16(19)13-8-9-14-15(12-13)18(21)26-17(14)20/h8-9,12H,4-7,10-11H2,1-3H3. The number of benzene rings is 1. The van der Waals surface area contributed by atoms with E-state index in [1.54, 1.807) is 21.3 Å². The number of fused-ring (bicyclic) bond motifs is 1. The highest BCUT2D eigenvalue weighted by Gasteiger charge is 2.36. The molecule has 0 saturated carbocycles. The summed E-state index contributed by atoms with van der Waals surface area (Å²) in [5, 5.41) is 0. The van der Waals surface area contributed by atoms with Gasteiger partial charge in [-0.15, -0.1) is 0 Å². The van der Waals surface area contributed by atoms with Crippen molar-refractivity contribution in [2.75, 3.05) is 27.9 Å². The Balaban J connectivity index is 1.69. The predicted molar refractivity (Wildman–Crippen MR) is 96.5 cm³/mol. The Morgan fingerprint density at radius 1 is 0.926 bits per heavy atom. The molecule has 0 N–H and O–H groups in total. The molecular formula is C18H24O8Si. The SMILES string of the molecule is CO[Si](CCCCCCOC(=O)c1ccc2c(c1)C(=O)OC2=O)(OC)OC. The maximum atomic E-state index is 12.1. The smallest absolute Gasteiger partial charge is 0.462 e. The topological polar surface area (TPSA) is 97.4 Å². The fraction of sp³-hybridized carbons (Fsp3) is 0.500. The molecule has 0 atom stereocenters. The number of carbonyl (C=O) groups excluding carboxylic acids is 3. The molecule has 0 fully saturated rings. The van der Waals surface area contributed by atoms with Crippen LogP contribution < -0.4 is 0 Å². The number of esters is 3. The second-order valence-corrected chi connectivity index (χ2v) is 9.12. The molecule has 0 radical (unpaired) electrons. The van der Waals surface area contributed by atoms with Crippen molar-refractivity contribution in [1.29, 1.82) is 0 Å². The van der Waals surface area contributed by atoms with Crippen LogP contribution in [-0.2, 0) is 22.8 Å². The van der Waals surface area contributed by atoms with Crippen LogP contribution in [0.15, 0.2) is 18.2 Å². The number of cyclic esters (lactones) is 2. The van der Waals surface area contributed by atoms with Crippen LogP contribution in [-0.4, -0.2) is 54.6 Å². The van der Waals surface area contributed by atoms with Gasteiger partial charge in [-0.3, -0.25) is 0 Å². The Morgan fingerprint density at radius 2 is 1.56 bits per heavy atom. The summed E-state index contributed by atoms with van der Waals surface area (Å²) in [6, 6.07) is 4.91. The molecule has 0 spiro atoms. The summed E-state index contributed by atoms with van der Waals surface area (Å²) in [7, 11) is 2.26. The lowest BCUT2D eigenvalue weighted by atomic mass is 10.1. The van der Waals surface area contributed by atoms with Crippen LogP contribution in [0.2, 0.25) is 6.04 Å². The van der Waals surface area contributed by atoms with E-state index in [0.29, 0.717) is 0 Å². The van der Waals surface area contributed by atoms with Gasteiger partial charge in [-0.05, 0) is 31.0 Å². The summed E-state index contributed by atoms with van der Waals surface area (Å²) < 4.78 is 25.8. The van der Waals surface area contributed by atoms with Gasteiger partial charge in [0, 0.05) is 27.4 Å². The van der Waals surface area contributed by atoms with E-state index in [2.05, 4.69) is 4.74 Å². The monoisotopic (exact) mass is 396 g/mol. The Labute approximate surface area is 159 Å². The largest absolute Gasteiger partial charge is 0.500 e. The van der Waals surface area contributed by atoms with E-state index in [4.69, 9.17) is 18.0 Å². The van der Waals surface area contributed by atoms with E-state index in [-0.39, 0.29) is 23.3 Å². The number of hydrogen-bond acceptors (Lipinski definition) is 8. The molecule has 1 aromatic rings. The average Bonchev–Trinajstić information content (AvgIpc) is 2.98. The fourth-order valence-corrected chi connectivity index (χ4v) is 4.61. The minimum absolute atomic E-state index is 0.0940. The quantitative estimate of drug-likeness (QED) is 0.244. The molecule has 1 aliphatic rings. The Hall–Kier alpha value is -2.07. The summed E-state index contributed by atoms with van der Waals surface area (Å²) in [5.41, 5.74) is 0.479. The van der Waals surface area contributed by atoms with E-state index in [1.165, 1.54) is 18.2 Å². The highest BCUT2D eigenvalue weighted by Crippen LogP contribution is 2.22. The van der Waals surface area contributed by atoms with Crippen LogP contribution in [0.4, 0.5) is 0 Å². The third-order valence-electron chi connectivity index (χ3n) is 4.42. The van der Waals surface area contributed by atoms with Gasteiger partial charge in [0.15, 0.2) is 0 Å². The first-order valence-corrected chi connectivity index (χ1v) is 10.6. The summed E-state index contributed by atoms with van der Waals surface area (Å²) in [6.07, 6.45) is 3.45. The maximum Gasteiger partial charge on any atom is 0.500 e. The fourth-order valence-electron chi connectivity index (χ4n) is 2.81. The molecule has 0 unspecified atom stereocenters. The van der Waals surface area contributed by atoms with Crippen molar-refractivity contribution in [2.24, 2.45) is 0 Å². The van der Waals surface area contributed by atoms with Crippen molar-refractivity contribution in [3.8, 4) is 0 Å². The molecule has 0 bridgehead atoms. The van der Waals surface area contributed by atoms with E-state index < -0.39 is 26.7 Å². The van der Waals surface area contributed by atoms with Crippen molar-refractivity contribution >= 4 is 26.7 Å². The lowest BCUT2D eigenvalue weighted by molar-refractivity contribution is 0.0442. The molecule has 27 heavy (non-hydrogen) atoms. The molecule has 0 amide bonds. The average molecular weight is 396 g/mol. The number of ether oxygens (including phenoxy) is 2. The third-order valence-corrected chi connectivity index (χ3v) is 7.26. The van der Waals surface area contributed by atoms with Gasteiger partial charge in [0.05, 0.1) is 23.3 Å². The van der Waals surface area contributed by atoms with Crippen LogP contribution in [0.25, 0.3) is 0 Å². The highest BCUT2D eigenvalue weighted by atomic mass is 28.4. The number of carbonyl (C=O) groups is 3. The zero-order valence-corrected chi connectivity index (χ0v) is 16.7. The summed E-state index contributed by atoms with van der Waals surface area (Å²) in [6.45, 7) is 0.278. The summed E-state index contributed by atoms with van der Waals surface area (Å²) in [5.74, 6) is -1.97. The van der Waals surface area contributed by atoms with Crippen molar-refractivity contribution in [3.63, 3.8) is 0 Å². The van der Waals surface area contributed by atoms with E-state index >= 15 is 0 Å². The Morgan fingerprint density at radius 3 is 2.22 bits per heavy atom. The molecule has 1 heterocycles. The molecule has 1 aromatic carbocycles. The van der Waals surface area contributed by atoms with E-state index in [9.17, 15) is 14.4 Å². The second kappa shape index (κ2) is 9.74. The van der Waals surface area contributed by atoms with Crippen molar-refractivity contribution in [2.45, 2.75) is 31.7 Å². The minimum Gasteiger partial charge on any atom is -0.462 e. The molecule has 0 aromatic heterocycles. The molecular weight excluding hydrogens is 372 g/mol. The van der Waals surface area contributed by atoms with Crippen LogP contribution in [0, 0.1) is 0 Å². The van der Waals surface area contributed by atoms with Gasteiger partial charge in [0.2, 0.25) is 0 Å². The lowest BCUT2D eigenvalue weighted by Crippen LogP contribution is -2.42. The summed E-state index contributed by atoms with van der Waals surface area (Å²) >= 11 is 0. The Kier molecular flexibility index (Phi) is 7.66. The van der Waals surface area contributed by atoms with Gasteiger partial charge in [0.1, 0.15) is 0 Å². The number of rotatable bonds is 11. The normalized spacial score (nSPS) is 13.4. The summed E-state index contributed by atoms with van der Waals surface area (Å²) in [4.78, 5) is 35.0. The van der Waals surface area contributed by atoms with Gasteiger partial charge in [0.25, 0.3) is 0 Å². The molecule has 9 heteroatoms. The maximum absolute atomic E-state index is 12.1. The zero-order valence-electron chi connectivity index (χ0n) is 15.7. The first kappa shape index (κ1) is 21.2. The van der Waals surface area contributed by atoms with Gasteiger partial charge in [-0.1, -0.05) is 12.8 Å². The first-order chi connectivity index (χ1) is 13.0. The lowest BCUT2D eigenvalue weighted by Gasteiger charge is -2.24. The molecule has 148 valence electrons. The number of unbranched alkanes of at least 4 members (excludes halogenated alkanes) is 3. The first-order valence-electron chi connectivity index (χ1n) is 8.69. The van der Waals surface area contributed by atoms with E-state index in [0.717, 1.165) is 31.7 Å². The molecule has 1 aliphatic heterocycles. The molecule has 2 rings (SSSR count). The van der Waals surface area contributed by atoms with Gasteiger partial charge in [-0.25, -0.2) is 14.4 Å². The second-order valence-electron chi connectivity index (χ2n) is 6.03. The minimum atomic E-state index is -2.51. The van der Waals surface area contributed by atoms with Crippen molar-refractivity contribution in [1.82, 2.24) is 0 Å². The predicted octanol–water partition coefficient (Wildman–Crippen LogP) is 2.59. The van der Waals surface area contributed by atoms with Crippen molar-refractivity contribution in [3.05, 3.63) is 34.9 Å². The van der Waals surface area contributed by atoms with Crippen LogP contribution in [0.1, 0.15) is 56.8 Å². The van der Waals surface area contributed by atoms with Gasteiger partial charge < -0.3 is 22.8 Å². The highest BCUT2D eigenvalue weighted by molar-refractivity contribution is 6.60. The Bertz CT molecular complexity index is 690. The molecule has 0 aliphatic carbocycles. The molecule has 8 nitrogen and oxygen atoms in total. The number of hydrogen-bond donors (Lipinski definition) is 0.